The quantitative estimate of drug-likeness (QED) is 0.915. The van der Waals surface area contributed by atoms with Gasteiger partial charge in [-0.2, -0.15) is 5.10 Å². The van der Waals surface area contributed by atoms with E-state index in [1.54, 1.807) is 22.8 Å². The molecule has 2 aromatic rings. The molecule has 0 bridgehead atoms. The molecule has 1 aromatic carbocycles. The van der Waals surface area contributed by atoms with Gasteiger partial charge in [-0.1, -0.05) is 0 Å². The van der Waals surface area contributed by atoms with Crippen LogP contribution in [0.25, 0.3) is 0 Å². The van der Waals surface area contributed by atoms with Crippen molar-refractivity contribution in [2.24, 2.45) is 7.05 Å². The van der Waals surface area contributed by atoms with Gasteiger partial charge in [0.15, 0.2) is 0 Å². The first-order chi connectivity index (χ1) is 8.97. The molecule has 100 valence electrons. The molecule has 0 atom stereocenters. The van der Waals surface area contributed by atoms with Crippen LogP contribution in [0.4, 0.5) is 10.1 Å². The Balaban J connectivity index is 2.28. The lowest BCUT2D eigenvalue weighted by Gasteiger charge is -2.20. The van der Waals surface area contributed by atoms with Crippen molar-refractivity contribution in [1.29, 1.82) is 0 Å². The van der Waals surface area contributed by atoms with Crippen LogP contribution >= 0.6 is 0 Å². The van der Waals surface area contributed by atoms with Gasteiger partial charge in [0.25, 0.3) is 0 Å². The van der Waals surface area contributed by atoms with Gasteiger partial charge in [0.1, 0.15) is 5.82 Å². The Morgan fingerprint density at radius 3 is 2.84 bits per heavy atom. The van der Waals surface area contributed by atoms with Crippen LogP contribution in [0.1, 0.15) is 15.9 Å². The van der Waals surface area contributed by atoms with Crippen LogP contribution in [-0.4, -0.2) is 27.9 Å². The average Bonchev–Trinajstić information content (AvgIpc) is 2.74. The summed E-state index contributed by atoms with van der Waals surface area (Å²) in [5.41, 5.74) is 1.37. The minimum atomic E-state index is -1.15. The van der Waals surface area contributed by atoms with Gasteiger partial charge in [-0.25, -0.2) is 9.18 Å². The maximum absolute atomic E-state index is 13.1. The normalized spacial score (nSPS) is 10.5. The summed E-state index contributed by atoms with van der Waals surface area (Å²) in [4.78, 5) is 12.9. The Kier molecular flexibility index (Phi) is 3.50. The van der Waals surface area contributed by atoms with Crippen LogP contribution in [0.15, 0.2) is 30.6 Å². The zero-order valence-electron chi connectivity index (χ0n) is 10.7. The van der Waals surface area contributed by atoms with E-state index in [0.29, 0.717) is 12.2 Å². The van der Waals surface area contributed by atoms with E-state index in [1.165, 1.54) is 12.1 Å². The highest BCUT2D eigenvalue weighted by molar-refractivity contribution is 5.94. The number of hydrogen-bond donors (Lipinski definition) is 1. The first-order valence-corrected chi connectivity index (χ1v) is 5.69. The van der Waals surface area contributed by atoms with Gasteiger partial charge in [-0.15, -0.1) is 0 Å². The Bertz CT molecular complexity index is 610. The molecule has 19 heavy (non-hydrogen) atoms. The summed E-state index contributed by atoms with van der Waals surface area (Å²) in [6.45, 7) is 0.500. The van der Waals surface area contributed by atoms with Crippen LogP contribution in [0, 0.1) is 5.82 Å². The summed E-state index contributed by atoms with van der Waals surface area (Å²) < 4.78 is 14.8. The van der Waals surface area contributed by atoms with Crippen molar-refractivity contribution < 1.29 is 14.3 Å². The Labute approximate surface area is 109 Å². The summed E-state index contributed by atoms with van der Waals surface area (Å²) >= 11 is 0. The minimum Gasteiger partial charge on any atom is -0.478 e. The van der Waals surface area contributed by atoms with Gasteiger partial charge < -0.3 is 10.0 Å². The second kappa shape index (κ2) is 5.09. The Hall–Kier alpha value is -2.37. The smallest absolute Gasteiger partial charge is 0.337 e. The fourth-order valence-electron chi connectivity index (χ4n) is 1.92. The number of carbonyl (C=O) groups is 1. The molecule has 0 fully saturated rings. The van der Waals surface area contributed by atoms with E-state index in [-0.39, 0.29) is 5.56 Å². The molecule has 0 aliphatic heterocycles. The zero-order chi connectivity index (χ0) is 14.0. The maximum atomic E-state index is 13.1. The highest BCUT2D eigenvalue weighted by Crippen LogP contribution is 2.22. The number of halogens is 1. The van der Waals surface area contributed by atoms with Crippen LogP contribution in [0.3, 0.4) is 0 Å². The molecule has 0 aliphatic carbocycles. The fourth-order valence-corrected chi connectivity index (χ4v) is 1.92. The first kappa shape index (κ1) is 13.1. The number of aromatic carboxylic acids is 1. The molecule has 5 nitrogen and oxygen atoms in total. The van der Waals surface area contributed by atoms with Gasteiger partial charge in [0, 0.05) is 32.4 Å². The molecule has 0 radical (unpaired) electrons. The number of carboxylic acids is 1. The van der Waals surface area contributed by atoms with Crippen molar-refractivity contribution in [3.05, 3.63) is 47.5 Å². The SMILES string of the molecule is CN(Cc1cnn(C)c1)c1ccc(F)cc1C(=O)O. The molecule has 2 rings (SSSR count). The van der Waals surface area contributed by atoms with E-state index < -0.39 is 11.8 Å². The largest absolute Gasteiger partial charge is 0.478 e. The number of aromatic nitrogens is 2. The molecule has 0 amide bonds. The van der Waals surface area contributed by atoms with Crippen molar-refractivity contribution in [3.63, 3.8) is 0 Å². The van der Waals surface area contributed by atoms with Crippen LogP contribution in [0.2, 0.25) is 0 Å². The van der Waals surface area contributed by atoms with Crippen LogP contribution in [-0.2, 0) is 13.6 Å². The van der Waals surface area contributed by atoms with E-state index in [9.17, 15) is 9.18 Å². The monoisotopic (exact) mass is 263 g/mol. The minimum absolute atomic E-state index is 0.0496. The topological polar surface area (TPSA) is 58.4 Å². The number of benzene rings is 1. The van der Waals surface area contributed by atoms with Crippen molar-refractivity contribution in [2.45, 2.75) is 6.54 Å². The molecule has 1 aromatic heterocycles. The lowest BCUT2D eigenvalue weighted by molar-refractivity contribution is 0.0697. The molecule has 1 heterocycles. The third kappa shape index (κ3) is 2.90. The second-order valence-electron chi connectivity index (χ2n) is 4.34. The number of aryl methyl sites for hydroxylation is 1. The van der Waals surface area contributed by atoms with Gasteiger partial charge >= 0.3 is 5.97 Å². The third-order valence-corrected chi connectivity index (χ3v) is 2.78. The van der Waals surface area contributed by atoms with E-state index in [2.05, 4.69) is 5.10 Å². The summed E-state index contributed by atoms with van der Waals surface area (Å²) in [6, 6.07) is 3.74. The highest BCUT2D eigenvalue weighted by Gasteiger charge is 2.15. The van der Waals surface area contributed by atoms with Crippen molar-refractivity contribution in [2.75, 3.05) is 11.9 Å². The zero-order valence-corrected chi connectivity index (χ0v) is 10.7. The van der Waals surface area contributed by atoms with E-state index >= 15 is 0 Å². The van der Waals surface area contributed by atoms with Gasteiger partial charge in [-0.05, 0) is 18.2 Å². The first-order valence-electron chi connectivity index (χ1n) is 5.69. The van der Waals surface area contributed by atoms with E-state index in [4.69, 9.17) is 5.11 Å². The predicted octanol–water partition coefficient (Wildman–Crippen LogP) is 1.89. The Morgan fingerprint density at radius 2 is 2.26 bits per heavy atom. The lowest BCUT2D eigenvalue weighted by Crippen LogP contribution is -2.19. The lowest BCUT2D eigenvalue weighted by atomic mass is 10.1. The van der Waals surface area contributed by atoms with Crippen LogP contribution in [0.5, 0.6) is 0 Å². The third-order valence-electron chi connectivity index (χ3n) is 2.78. The van der Waals surface area contributed by atoms with Gasteiger partial charge in [0.05, 0.1) is 17.4 Å². The molecule has 0 saturated carbocycles. The number of carboxylic acid groups (broad SMARTS) is 1. The van der Waals surface area contributed by atoms with Gasteiger partial charge in [0.2, 0.25) is 0 Å². The molecule has 0 spiro atoms. The number of anilines is 1. The van der Waals surface area contributed by atoms with E-state index in [0.717, 1.165) is 11.6 Å². The molecule has 0 aliphatic rings. The summed E-state index contributed by atoms with van der Waals surface area (Å²) in [5.74, 6) is -1.71. The summed E-state index contributed by atoms with van der Waals surface area (Å²) in [5, 5.41) is 13.1. The van der Waals surface area contributed by atoms with Crippen molar-refractivity contribution in [3.8, 4) is 0 Å². The molecule has 6 heteroatoms. The fraction of sp³-hybridized carbons (Fsp3) is 0.231. The maximum Gasteiger partial charge on any atom is 0.337 e. The molecular weight excluding hydrogens is 249 g/mol. The molecule has 1 N–H and O–H groups in total. The molecule has 0 unspecified atom stereocenters. The average molecular weight is 263 g/mol. The molecular formula is C13H14FN3O2. The predicted molar refractivity (Wildman–Crippen MR) is 68.7 cm³/mol. The van der Waals surface area contributed by atoms with Crippen LogP contribution < -0.4 is 4.90 Å². The number of rotatable bonds is 4. The standard InChI is InChI=1S/C13H14FN3O2/c1-16(7-9-6-15-17(2)8-9)12-4-3-10(14)5-11(12)13(18)19/h3-6,8H,7H2,1-2H3,(H,18,19). The van der Waals surface area contributed by atoms with Crippen molar-refractivity contribution >= 4 is 11.7 Å². The Morgan fingerprint density at radius 1 is 1.53 bits per heavy atom. The van der Waals surface area contributed by atoms with Gasteiger partial charge in [-0.3, -0.25) is 4.68 Å². The van der Waals surface area contributed by atoms with E-state index in [1.807, 2.05) is 13.2 Å². The number of hydrogen-bond acceptors (Lipinski definition) is 3. The second-order valence-corrected chi connectivity index (χ2v) is 4.34. The number of nitrogens with zero attached hydrogens (tertiary/aromatic N) is 3. The summed E-state index contributed by atoms with van der Waals surface area (Å²) in [7, 11) is 3.57. The summed E-state index contributed by atoms with van der Waals surface area (Å²) in [6.07, 6.45) is 3.56. The highest BCUT2D eigenvalue weighted by atomic mass is 19.1. The van der Waals surface area contributed by atoms with Crippen molar-refractivity contribution in [1.82, 2.24) is 9.78 Å². The molecule has 0 saturated heterocycles.